The Labute approximate surface area is 400 Å². The lowest BCUT2D eigenvalue weighted by molar-refractivity contribution is -0.155. The number of hydrogen-bond donors (Lipinski definition) is 0. The monoisotopic (exact) mass is 897 g/mol. The summed E-state index contributed by atoms with van der Waals surface area (Å²) < 4.78 is 11.4. The van der Waals surface area contributed by atoms with Crippen LogP contribution in [-0.2, 0) is 19.1 Å². The van der Waals surface area contributed by atoms with Crippen LogP contribution < -0.4 is 0 Å². The highest BCUT2D eigenvalue weighted by Gasteiger charge is 2.61. The van der Waals surface area contributed by atoms with Gasteiger partial charge in [-0.25, -0.2) is 0 Å². The van der Waals surface area contributed by atoms with Gasteiger partial charge in [0.25, 0.3) is 0 Å². The lowest BCUT2D eigenvalue weighted by Crippen LogP contribution is -2.50. The Morgan fingerprint density at radius 1 is 0.538 bits per heavy atom. The molecule has 0 heterocycles. The average molecular weight is 897 g/mol. The minimum atomic E-state index is -0.419. The summed E-state index contributed by atoms with van der Waals surface area (Å²) in [5.74, 6) is 10.7. The van der Waals surface area contributed by atoms with Gasteiger partial charge in [0, 0.05) is 0 Å². The predicted molar refractivity (Wildman–Crippen MR) is 269 cm³/mol. The van der Waals surface area contributed by atoms with Gasteiger partial charge in [-0.2, -0.15) is 0 Å². The topological polar surface area (TPSA) is 52.6 Å². The van der Waals surface area contributed by atoms with Gasteiger partial charge in [-0.05, 0) is 220 Å². The fraction of sp³-hybridized carbons (Fsp3) is 0.902. The molecule has 0 saturated heterocycles. The van der Waals surface area contributed by atoms with Crippen LogP contribution in [0.5, 0.6) is 0 Å². The van der Waals surface area contributed by atoms with Gasteiger partial charge in [-0.3, -0.25) is 9.59 Å². The van der Waals surface area contributed by atoms with Crippen molar-refractivity contribution >= 4 is 11.9 Å². The largest absolute Gasteiger partial charge is 0.465 e. The molecule has 65 heavy (non-hydrogen) atoms. The number of ether oxygens (including phenoxy) is 2. The smallest absolute Gasteiger partial charge is 0.317 e. The van der Waals surface area contributed by atoms with E-state index < -0.39 is 11.9 Å². The minimum Gasteiger partial charge on any atom is -0.465 e. The zero-order chi connectivity index (χ0) is 46.3. The summed E-state index contributed by atoms with van der Waals surface area (Å²) in [5.41, 5.74) is 5.19. The van der Waals surface area contributed by atoms with E-state index in [2.05, 4.69) is 81.4 Å². The number of allylic oxidation sites excluding steroid dienone is 4. The molecule has 0 aromatic heterocycles. The van der Waals surface area contributed by atoms with Crippen molar-refractivity contribution in [3.8, 4) is 0 Å². The van der Waals surface area contributed by atoms with Gasteiger partial charge in [-0.1, -0.05) is 131 Å². The van der Waals surface area contributed by atoms with E-state index in [1.807, 2.05) is 0 Å². The standard InChI is InChI=1S/C61H100O4/c1-40(2)13-11-15-42(5)50-21-23-52-48-19-17-46-37-44(25-31-58(46,7)54(48)27-33-60(50,52)9)29-35-64-56(62)39-57(63)65-36-30-45-26-32-59(8)47(38-45)18-20-49-53-24-22-51(43(6)16-12-14-41(3)4)61(53,10)34-28-55(49)59/h17-18,40-45,48-55H,11-16,19-39H2,1-10H3/t42-,43-,44-,45-,48+,49+,50-,51-,52+,53+,54+,55+,58+,59+,60-,61-/m1/s1. The summed E-state index contributed by atoms with van der Waals surface area (Å²) in [4.78, 5) is 25.7. The number of carbonyl (C=O) groups excluding carboxylic acids is 2. The Bertz CT molecular complexity index is 1580. The maximum atomic E-state index is 12.8. The highest BCUT2D eigenvalue weighted by molar-refractivity contribution is 5.91. The second kappa shape index (κ2) is 20.4. The molecule has 368 valence electrons. The van der Waals surface area contributed by atoms with Crippen molar-refractivity contribution in [3.63, 3.8) is 0 Å². The van der Waals surface area contributed by atoms with Gasteiger partial charge < -0.3 is 9.47 Å². The van der Waals surface area contributed by atoms with Crippen molar-refractivity contribution in [1.82, 2.24) is 0 Å². The van der Waals surface area contributed by atoms with Crippen molar-refractivity contribution in [3.05, 3.63) is 23.3 Å². The SMILES string of the molecule is CC(C)CCC[C@@H](C)[C@H]1CC[C@H]2[C@@H]3CC=C4C[C@@H](CCOC(=O)CC(=O)OCC[C@H]5CC[C@@]6(C)C(=CC[C@H]7[C@@H]8CC[C@H]([C@H](C)CCCC(C)C)[C@@]8(C)CC[C@@H]76)C5)CC[C@]4(C)[C@H]3CC[C@]12C. The number of rotatable bonds is 18. The van der Waals surface area contributed by atoms with Crippen LogP contribution >= 0.6 is 0 Å². The summed E-state index contributed by atoms with van der Waals surface area (Å²) in [6, 6.07) is 0. The van der Waals surface area contributed by atoms with Crippen molar-refractivity contribution < 1.29 is 19.1 Å². The first-order valence-corrected chi connectivity index (χ1v) is 28.7. The van der Waals surface area contributed by atoms with E-state index in [1.165, 1.54) is 128 Å². The molecule has 0 amide bonds. The van der Waals surface area contributed by atoms with Crippen molar-refractivity contribution in [2.24, 2.45) is 105 Å². The van der Waals surface area contributed by atoms with E-state index in [1.54, 1.807) is 11.1 Å². The molecule has 0 radical (unpaired) electrons. The quantitative estimate of drug-likeness (QED) is 0.0781. The van der Waals surface area contributed by atoms with Crippen LogP contribution in [0.3, 0.4) is 0 Å². The van der Waals surface area contributed by atoms with Crippen LogP contribution in [0.25, 0.3) is 0 Å². The minimum absolute atomic E-state index is 0.261. The van der Waals surface area contributed by atoms with Gasteiger partial charge in [0.05, 0.1) is 13.2 Å². The summed E-state index contributed by atoms with van der Waals surface area (Å²) in [6.45, 7) is 26.2. The molecular formula is C61H100O4. The molecule has 0 unspecified atom stereocenters. The molecule has 0 N–H and O–H groups in total. The first kappa shape index (κ1) is 49.8. The van der Waals surface area contributed by atoms with Crippen LogP contribution in [0.2, 0.25) is 0 Å². The van der Waals surface area contributed by atoms with Crippen LogP contribution in [-0.4, -0.2) is 25.2 Å². The number of carbonyl (C=O) groups is 2. The van der Waals surface area contributed by atoms with Crippen molar-refractivity contribution in [1.29, 1.82) is 0 Å². The normalized spacial score (nSPS) is 41.8. The molecule has 4 heteroatoms. The molecule has 8 aliphatic carbocycles. The van der Waals surface area contributed by atoms with Crippen LogP contribution in [0, 0.1) is 105 Å². The number of hydrogen-bond acceptors (Lipinski definition) is 4. The second-order valence-corrected chi connectivity index (χ2v) is 27.0. The average Bonchev–Trinajstić information content (AvgIpc) is 3.80. The summed E-state index contributed by atoms with van der Waals surface area (Å²) in [7, 11) is 0. The Hall–Kier alpha value is -1.58. The molecule has 0 aromatic carbocycles. The Kier molecular flexibility index (Phi) is 15.6. The lowest BCUT2D eigenvalue weighted by atomic mass is 9.46. The van der Waals surface area contributed by atoms with E-state index in [0.717, 1.165) is 96.7 Å². The van der Waals surface area contributed by atoms with Gasteiger partial charge in [0.1, 0.15) is 6.42 Å². The highest BCUT2D eigenvalue weighted by atomic mass is 16.6. The zero-order valence-electron chi connectivity index (χ0n) is 44.0. The molecule has 0 aromatic rings. The van der Waals surface area contributed by atoms with E-state index in [9.17, 15) is 9.59 Å². The van der Waals surface area contributed by atoms with Gasteiger partial charge in [0.2, 0.25) is 0 Å². The van der Waals surface area contributed by atoms with E-state index in [0.29, 0.717) is 46.7 Å². The summed E-state index contributed by atoms with van der Waals surface area (Å²) in [6.07, 6.45) is 36.7. The molecule has 16 atom stereocenters. The Balaban J connectivity index is 0.734. The molecule has 6 fully saturated rings. The predicted octanol–water partition coefficient (Wildman–Crippen LogP) is 16.6. The van der Waals surface area contributed by atoms with E-state index >= 15 is 0 Å². The molecule has 8 rings (SSSR count). The molecule has 4 nitrogen and oxygen atoms in total. The fourth-order valence-electron chi connectivity index (χ4n) is 18.9. The lowest BCUT2D eigenvalue weighted by Gasteiger charge is -2.58. The third-order valence-electron chi connectivity index (χ3n) is 22.7. The summed E-state index contributed by atoms with van der Waals surface area (Å²) in [5, 5.41) is 0. The van der Waals surface area contributed by atoms with E-state index in [4.69, 9.17) is 9.47 Å². The Morgan fingerprint density at radius 3 is 1.35 bits per heavy atom. The maximum absolute atomic E-state index is 12.8. The van der Waals surface area contributed by atoms with E-state index in [-0.39, 0.29) is 6.42 Å². The Morgan fingerprint density at radius 2 is 0.954 bits per heavy atom. The number of fused-ring (bicyclic) bond motifs is 10. The molecule has 0 spiro atoms. The number of esters is 2. The van der Waals surface area contributed by atoms with Gasteiger partial charge in [0.15, 0.2) is 0 Å². The fourth-order valence-corrected chi connectivity index (χ4v) is 18.9. The molecule has 0 aliphatic heterocycles. The van der Waals surface area contributed by atoms with Crippen LogP contribution in [0.1, 0.15) is 230 Å². The first-order valence-electron chi connectivity index (χ1n) is 28.7. The van der Waals surface area contributed by atoms with Gasteiger partial charge >= 0.3 is 11.9 Å². The maximum Gasteiger partial charge on any atom is 0.317 e. The third kappa shape index (κ3) is 10.1. The van der Waals surface area contributed by atoms with Crippen LogP contribution in [0.15, 0.2) is 23.3 Å². The second-order valence-electron chi connectivity index (χ2n) is 27.0. The third-order valence-corrected chi connectivity index (χ3v) is 22.7. The molecule has 0 bridgehead atoms. The first-order chi connectivity index (χ1) is 31.0. The zero-order valence-corrected chi connectivity index (χ0v) is 44.0. The van der Waals surface area contributed by atoms with Crippen LogP contribution in [0.4, 0.5) is 0 Å². The van der Waals surface area contributed by atoms with Crippen molar-refractivity contribution in [2.45, 2.75) is 230 Å². The van der Waals surface area contributed by atoms with Crippen molar-refractivity contribution in [2.75, 3.05) is 13.2 Å². The molecule has 6 saturated carbocycles. The van der Waals surface area contributed by atoms with Gasteiger partial charge in [-0.15, -0.1) is 0 Å². The molecular weight excluding hydrogens is 797 g/mol. The molecule has 8 aliphatic rings. The summed E-state index contributed by atoms with van der Waals surface area (Å²) >= 11 is 0. The highest BCUT2D eigenvalue weighted by Crippen LogP contribution is 2.69.